The highest BCUT2D eigenvalue weighted by Gasteiger charge is 2.09. The van der Waals surface area contributed by atoms with Gasteiger partial charge in [0.15, 0.2) is 10.8 Å². The molecule has 0 aliphatic rings. The Morgan fingerprint density at radius 2 is 2.09 bits per heavy atom. The van der Waals surface area contributed by atoms with Gasteiger partial charge in [-0.1, -0.05) is 0 Å². The number of hydrogen-bond acceptors (Lipinski definition) is 6. The average molecular weight is 314 g/mol. The van der Waals surface area contributed by atoms with Crippen molar-refractivity contribution < 1.29 is 4.42 Å². The number of furan rings is 1. The molecule has 0 saturated heterocycles. The largest absolute Gasteiger partial charge is 0.459 e. The van der Waals surface area contributed by atoms with Crippen LogP contribution in [0.25, 0.3) is 10.8 Å². The number of nitrogens with zero attached hydrogens (tertiary/aromatic N) is 3. The van der Waals surface area contributed by atoms with Crippen LogP contribution in [0.1, 0.15) is 10.6 Å². The van der Waals surface area contributed by atoms with Crippen LogP contribution in [0, 0.1) is 6.92 Å². The summed E-state index contributed by atoms with van der Waals surface area (Å²) in [4.78, 5) is 11.8. The fourth-order valence-electron chi connectivity index (χ4n) is 2.15. The number of anilines is 2. The minimum atomic E-state index is 0.712. The monoisotopic (exact) mass is 314 g/mol. The second kappa shape index (κ2) is 6.19. The molecule has 0 saturated carbocycles. The Labute approximate surface area is 133 Å². The van der Waals surface area contributed by atoms with Gasteiger partial charge < -0.3 is 14.6 Å². The predicted octanol–water partition coefficient (Wildman–Crippen LogP) is 3.78. The number of thiazole rings is 1. The molecule has 1 N–H and O–H groups in total. The van der Waals surface area contributed by atoms with Gasteiger partial charge in [0, 0.05) is 31.4 Å². The molecule has 22 heavy (non-hydrogen) atoms. The van der Waals surface area contributed by atoms with Crippen molar-refractivity contribution in [3.63, 3.8) is 0 Å². The van der Waals surface area contributed by atoms with Gasteiger partial charge in [-0.3, -0.25) is 4.98 Å². The van der Waals surface area contributed by atoms with Crippen molar-refractivity contribution in [2.24, 2.45) is 0 Å². The maximum atomic E-state index is 5.61. The molecule has 0 fully saturated rings. The van der Waals surface area contributed by atoms with Crippen LogP contribution in [-0.2, 0) is 6.54 Å². The first-order chi connectivity index (χ1) is 10.6. The van der Waals surface area contributed by atoms with Gasteiger partial charge in [0.05, 0.1) is 24.1 Å². The van der Waals surface area contributed by atoms with E-state index in [2.05, 4.69) is 20.2 Å². The molecule has 0 bridgehead atoms. The standard InChI is InChI=1S/C16H18N4OS/c1-11-4-5-15(21-11)16-19-9-12(22-16)8-18-13-10-17-7-6-14(13)20(2)3/h4-7,9-10,18H,8H2,1-3H3. The summed E-state index contributed by atoms with van der Waals surface area (Å²) in [6.07, 6.45) is 5.52. The SMILES string of the molecule is Cc1ccc(-c2ncc(CNc3cnccc3N(C)C)s2)o1. The smallest absolute Gasteiger partial charge is 0.162 e. The molecule has 0 spiro atoms. The van der Waals surface area contributed by atoms with E-state index < -0.39 is 0 Å². The van der Waals surface area contributed by atoms with Crippen LogP contribution in [0.15, 0.2) is 41.2 Å². The number of aryl methyl sites for hydroxylation is 1. The molecule has 5 nitrogen and oxygen atoms in total. The zero-order chi connectivity index (χ0) is 15.5. The van der Waals surface area contributed by atoms with Crippen molar-refractivity contribution in [1.29, 1.82) is 0 Å². The molecular weight excluding hydrogens is 296 g/mol. The van der Waals surface area contributed by atoms with Gasteiger partial charge in [-0.05, 0) is 25.1 Å². The fourth-order valence-corrected chi connectivity index (χ4v) is 2.96. The normalized spacial score (nSPS) is 10.7. The number of aromatic nitrogens is 2. The summed E-state index contributed by atoms with van der Waals surface area (Å²) in [6, 6.07) is 5.90. The Bertz CT molecular complexity index is 763. The van der Waals surface area contributed by atoms with Crippen LogP contribution in [0.5, 0.6) is 0 Å². The van der Waals surface area contributed by atoms with Crippen molar-refractivity contribution in [3.05, 3.63) is 47.4 Å². The lowest BCUT2D eigenvalue weighted by Crippen LogP contribution is -2.12. The zero-order valence-corrected chi connectivity index (χ0v) is 13.6. The topological polar surface area (TPSA) is 54.2 Å². The third kappa shape index (κ3) is 3.12. The van der Waals surface area contributed by atoms with E-state index in [9.17, 15) is 0 Å². The van der Waals surface area contributed by atoms with E-state index >= 15 is 0 Å². The van der Waals surface area contributed by atoms with E-state index in [1.807, 2.05) is 51.6 Å². The van der Waals surface area contributed by atoms with Crippen molar-refractivity contribution in [1.82, 2.24) is 9.97 Å². The van der Waals surface area contributed by atoms with Crippen LogP contribution in [0.3, 0.4) is 0 Å². The summed E-state index contributed by atoms with van der Waals surface area (Å²) in [5.41, 5.74) is 2.12. The highest BCUT2D eigenvalue weighted by Crippen LogP contribution is 2.28. The lowest BCUT2D eigenvalue weighted by Gasteiger charge is -2.17. The maximum Gasteiger partial charge on any atom is 0.162 e. The van der Waals surface area contributed by atoms with Gasteiger partial charge in [0.2, 0.25) is 0 Å². The number of hydrogen-bond donors (Lipinski definition) is 1. The number of nitrogens with one attached hydrogen (secondary N) is 1. The molecule has 0 aliphatic carbocycles. The molecule has 0 aromatic carbocycles. The van der Waals surface area contributed by atoms with Gasteiger partial charge in [-0.25, -0.2) is 4.98 Å². The Balaban J connectivity index is 1.71. The highest BCUT2D eigenvalue weighted by molar-refractivity contribution is 7.14. The van der Waals surface area contributed by atoms with E-state index in [1.165, 1.54) is 0 Å². The summed E-state index contributed by atoms with van der Waals surface area (Å²) in [7, 11) is 4.04. The molecule has 0 unspecified atom stereocenters. The molecule has 0 amide bonds. The lowest BCUT2D eigenvalue weighted by molar-refractivity contribution is 0.548. The van der Waals surface area contributed by atoms with Crippen LogP contribution in [0.4, 0.5) is 11.4 Å². The summed E-state index contributed by atoms with van der Waals surface area (Å²) in [5, 5.41) is 4.32. The van der Waals surface area contributed by atoms with Gasteiger partial charge in [0.25, 0.3) is 0 Å². The third-order valence-corrected chi connectivity index (χ3v) is 4.25. The molecular formula is C16H18N4OS. The molecule has 3 heterocycles. The van der Waals surface area contributed by atoms with Crippen LogP contribution in [0.2, 0.25) is 0 Å². The molecule has 0 aliphatic heterocycles. The Morgan fingerprint density at radius 1 is 1.23 bits per heavy atom. The maximum absolute atomic E-state index is 5.61. The fraction of sp³-hybridized carbons (Fsp3) is 0.250. The summed E-state index contributed by atoms with van der Waals surface area (Å²) in [6.45, 7) is 2.65. The van der Waals surface area contributed by atoms with Gasteiger partial charge >= 0.3 is 0 Å². The zero-order valence-electron chi connectivity index (χ0n) is 12.8. The summed E-state index contributed by atoms with van der Waals surface area (Å²) in [5.74, 6) is 1.72. The van der Waals surface area contributed by atoms with E-state index in [4.69, 9.17) is 4.42 Å². The van der Waals surface area contributed by atoms with Gasteiger partial charge in [0.1, 0.15) is 5.76 Å². The van der Waals surface area contributed by atoms with Gasteiger partial charge in [-0.15, -0.1) is 11.3 Å². The van der Waals surface area contributed by atoms with Crippen LogP contribution in [-0.4, -0.2) is 24.1 Å². The van der Waals surface area contributed by atoms with E-state index in [0.717, 1.165) is 32.8 Å². The first-order valence-electron chi connectivity index (χ1n) is 7.00. The number of rotatable bonds is 5. The number of pyridine rings is 1. The average Bonchev–Trinajstić information content (AvgIpc) is 3.14. The van der Waals surface area contributed by atoms with Crippen molar-refractivity contribution in [2.45, 2.75) is 13.5 Å². The van der Waals surface area contributed by atoms with E-state index in [0.29, 0.717) is 6.54 Å². The molecule has 3 aromatic rings. The summed E-state index contributed by atoms with van der Waals surface area (Å²) < 4.78 is 5.61. The Morgan fingerprint density at radius 3 is 2.82 bits per heavy atom. The van der Waals surface area contributed by atoms with E-state index in [-0.39, 0.29) is 0 Å². The summed E-state index contributed by atoms with van der Waals surface area (Å²) >= 11 is 1.63. The second-order valence-corrected chi connectivity index (χ2v) is 6.30. The minimum Gasteiger partial charge on any atom is -0.459 e. The second-order valence-electron chi connectivity index (χ2n) is 5.18. The van der Waals surface area contributed by atoms with Gasteiger partial charge in [-0.2, -0.15) is 0 Å². The van der Waals surface area contributed by atoms with Crippen LogP contribution < -0.4 is 10.2 Å². The van der Waals surface area contributed by atoms with Crippen molar-refractivity contribution >= 4 is 22.7 Å². The Kier molecular flexibility index (Phi) is 4.11. The molecule has 6 heteroatoms. The Hall–Kier alpha value is -2.34. The quantitative estimate of drug-likeness (QED) is 0.776. The highest BCUT2D eigenvalue weighted by atomic mass is 32.1. The van der Waals surface area contributed by atoms with E-state index in [1.54, 1.807) is 17.5 Å². The predicted molar refractivity (Wildman–Crippen MR) is 90.4 cm³/mol. The third-order valence-electron chi connectivity index (χ3n) is 3.24. The van der Waals surface area contributed by atoms with Crippen molar-refractivity contribution in [3.8, 4) is 10.8 Å². The molecule has 0 atom stereocenters. The first kappa shape index (κ1) is 14.6. The lowest BCUT2D eigenvalue weighted by atomic mass is 10.3. The molecule has 3 rings (SSSR count). The van der Waals surface area contributed by atoms with Crippen molar-refractivity contribution in [2.75, 3.05) is 24.3 Å². The minimum absolute atomic E-state index is 0.712. The molecule has 0 radical (unpaired) electrons. The van der Waals surface area contributed by atoms with Crippen LogP contribution >= 0.6 is 11.3 Å². The molecule has 114 valence electrons. The molecule has 3 aromatic heterocycles. The first-order valence-corrected chi connectivity index (χ1v) is 7.82.